The van der Waals surface area contributed by atoms with E-state index in [0.717, 1.165) is 56.6 Å². The number of rotatable bonds is 10. The van der Waals surface area contributed by atoms with Crippen LogP contribution < -0.4 is 10.6 Å². The lowest BCUT2D eigenvalue weighted by molar-refractivity contribution is -0.240. The number of halogens is 3. The molecular formula is C25H34F3N3O5. The summed E-state index contributed by atoms with van der Waals surface area (Å²) >= 11 is 0. The number of pyridine rings is 1. The molecule has 0 bridgehead atoms. The molecular weight excluding hydrogens is 479 g/mol. The molecule has 1 saturated heterocycles. The number of carboxylic acids is 1. The molecule has 1 saturated carbocycles. The van der Waals surface area contributed by atoms with Crippen LogP contribution in [0.25, 0.3) is 0 Å². The fraction of sp³-hybridized carbons (Fsp3) is 0.720. The number of carbonyl (C=O) groups excluding carboxylic acids is 1. The van der Waals surface area contributed by atoms with Crippen LogP contribution >= 0.6 is 0 Å². The second-order valence-corrected chi connectivity index (χ2v) is 10.1. The van der Waals surface area contributed by atoms with Crippen molar-refractivity contribution in [3.63, 3.8) is 0 Å². The molecule has 1 amide bonds. The molecule has 2 aliphatic heterocycles. The average Bonchev–Trinajstić information content (AvgIpc) is 2.83. The maximum atomic E-state index is 13.7. The van der Waals surface area contributed by atoms with Gasteiger partial charge in [-0.15, -0.1) is 0 Å². The van der Waals surface area contributed by atoms with Crippen LogP contribution in [0.3, 0.4) is 0 Å². The van der Waals surface area contributed by atoms with Crippen LogP contribution in [0.1, 0.15) is 56.2 Å². The van der Waals surface area contributed by atoms with Crippen LogP contribution in [0, 0.1) is 11.3 Å². The second kappa shape index (κ2) is 11.3. The van der Waals surface area contributed by atoms with E-state index >= 15 is 0 Å². The monoisotopic (exact) mass is 513 g/mol. The number of nitrogens with one attached hydrogen (secondary N) is 2. The van der Waals surface area contributed by atoms with E-state index in [4.69, 9.17) is 14.5 Å². The van der Waals surface area contributed by atoms with E-state index in [2.05, 4.69) is 22.8 Å². The predicted octanol–water partition coefficient (Wildman–Crippen LogP) is 3.49. The molecule has 200 valence electrons. The first-order valence-corrected chi connectivity index (χ1v) is 12.7. The van der Waals surface area contributed by atoms with Gasteiger partial charge in [-0.3, -0.25) is 4.79 Å². The Labute approximate surface area is 208 Å². The molecule has 3 aliphatic rings. The number of aromatic nitrogens is 1. The largest absolute Gasteiger partial charge is 0.480 e. The fourth-order valence-corrected chi connectivity index (χ4v) is 5.17. The van der Waals surface area contributed by atoms with Gasteiger partial charge in [0.15, 0.2) is 0 Å². The van der Waals surface area contributed by atoms with Gasteiger partial charge in [0.05, 0.1) is 6.10 Å². The Morgan fingerprint density at radius 2 is 2.03 bits per heavy atom. The zero-order valence-electron chi connectivity index (χ0n) is 20.2. The van der Waals surface area contributed by atoms with Crippen molar-refractivity contribution in [1.82, 2.24) is 10.3 Å². The van der Waals surface area contributed by atoms with Crippen LogP contribution in [0.5, 0.6) is 0 Å². The smallest absolute Gasteiger partial charge is 0.403 e. The number of aliphatic carboxylic acids is 1. The molecule has 0 radical (unpaired) electrons. The van der Waals surface area contributed by atoms with Crippen molar-refractivity contribution >= 4 is 17.7 Å². The summed E-state index contributed by atoms with van der Waals surface area (Å²) < 4.78 is 51.8. The second-order valence-electron chi connectivity index (χ2n) is 10.1. The summed E-state index contributed by atoms with van der Waals surface area (Å²) in [6, 6.07) is 2.79. The highest BCUT2D eigenvalue weighted by atomic mass is 19.4. The fourth-order valence-electron chi connectivity index (χ4n) is 5.17. The zero-order valence-corrected chi connectivity index (χ0v) is 20.2. The number of aryl methyl sites for hydroxylation is 2. The number of ether oxygens (including phenoxy) is 2. The highest BCUT2D eigenvalue weighted by Crippen LogP contribution is 2.46. The molecule has 1 aliphatic carbocycles. The summed E-state index contributed by atoms with van der Waals surface area (Å²) in [5, 5.41) is 14.9. The minimum absolute atomic E-state index is 0.00434. The van der Waals surface area contributed by atoms with E-state index in [-0.39, 0.29) is 32.3 Å². The molecule has 2 fully saturated rings. The van der Waals surface area contributed by atoms with E-state index in [0.29, 0.717) is 5.92 Å². The topological polar surface area (TPSA) is 110 Å². The lowest BCUT2D eigenvalue weighted by Gasteiger charge is -2.38. The molecule has 3 heterocycles. The third-order valence-electron chi connectivity index (χ3n) is 7.64. The zero-order chi connectivity index (χ0) is 25.8. The maximum absolute atomic E-state index is 13.7. The molecule has 36 heavy (non-hydrogen) atoms. The van der Waals surface area contributed by atoms with Gasteiger partial charge in [0.25, 0.3) is 0 Å². The molecule has 1 aromatic rings. The Morgan fingerprint density at radius 3 is 2.72 bits per heavy atom. The first-order chi connectivity index (χ1) is 17.2. The van der Waals surface area contributed by atoms with Gasteiger partial charge in [-0.2, -0.15) is 13.2 Å². The van der Waals surface area contributed by atoms with Crippen molar-refractivity contribution in [3.05, 3.63) is 23.4 Å². The van der Waals surface area contributed by atoms with Crippen molar-refractivity contribution in [1.29, 1.82) is 0 Å². The number of amides is 1. The maximum Gasteiger partial charge on any atom is 0.403 e. The van der Waals surface area contributed by atoms with E-state index in [1.807, 2.05) is 0 Å². The molecule has 0 unspecified atom stereocenters. The van der Waals surface area contributed by atoms with Crippen LogP contribution in [-0.4, -0.2) is 66.7 Å². The van der Waals surface area contributed by atoms with E-state index in [1.165, 1.54) is 5.56 Å². The molecule has 0 spiro atoms. The molecule has 4 rings (SSSR count). The number of anilines is 1. The Morgan fingerprint density at radius 1 is 1.28 bits per heavy atom. The van der Waals surface area contributed by atoms with Crippen LogP contribution in [0.4, 0.5) is 19.0 Å². The lowest BCUT2D eigenvalue weighted by Crippen LogP contribution is -2.57. The number of hydrogen-bond acceptors (Lipinski definition) is 6. The Kier molecular flexibility index (Phi) is 8.39. The summed E-state index contributed by atoms with van der Waals surface area (Å²) in [6.45, 7) is 0.608. The molecule has 1 aromatic heterocycles. The van der Waals surface area contributed by atoms with Gasteiger partial charge in [0, 0.05) is 38.5 Å². The third kappa shape index (κ3) is 6.11. The molecule has 1 atom stereocenters. The summed E-state index contributed by atoms with van der Waals surface area (Å²) in [5.74, 6) is -1.20. The molecule has 8 nitrogen and oxygen atoms in total. The third-order valence-corrected chi connectivity index (χ3v) is 7.64. The van der Waals surface area contributed by atoms with Gasteiger partial charge in [-0.25, -0.2) is 9.78 Å². The standard InChI is InChI=1S/C25H34F3N3O5/c26-25(27,28)24(8-12-35-13-9-24)23(34)31-20(22(32)33)7-11-36-19-14-16(15-19)3-5-18-6-4-17-2-1-10-29-21(17)30-18/h4,6,16,19-20H,1-3,5,7-15H2,(H,29,30)(H,31,34)(H,32,33)/t16-,19-,20-/m0/s1. The summed E-state index contributed by atoms with van der Waals surface area (Å²) in [5.41, 5.74) is -0.294. The van der Waals surface area contributed by atoms with E-state index < -0.39 is 42.4 Å². The van der Waals surface area contributed by atoms with Gasteiger partial charge in [-0.1, -0.05) is 6.07 Å². The Hall–Kier alpha value is -2.40. The van der Waals surface area contributed by atoms with Crippen LogP contribution in [0.2, 0.25) is 0 Å². The SMILES string of the molecule is O=C(O)[C@H](CCO[C@H]1C[C@H](CCc2ccc3c(n2)NCCC3)C1)NC(=O)C1(C(F)(F)F)CCOCC1. The highest BCUT2D eigenvalue weighted by molar-refractivity contribution is 5.88. The highest BCUT2D eigenvalue weighted by Gasteiger charge is 2.60. The van der Waals surface area contributed by atoms with Crippen molar-refractivity contribution in [2.45, 2.75) is 76.1 Å². The molecule has 3 N–H and O–H groups in total. The quantitative estimate of drug-likeness (QED) is 0.439. The first kappa shape index (κ1) is 26.7. The van der Waals surface area contributed by atoms with Crippen LogP contribution in [-0.2, 0) is 31.9 Å². The van der Waals surface area contributed by atoms with Gasteiger partial charge >= 0.3 is 12.1 Å². The summed E-state index contributed by atoms with van der Waals surface area (Å²) in [4.78, 5) is 28.9. The minimum Gasteiger partial charge on any atom is -0.480 e. The predicted molar refractivity (Wildman–Crippen MR) is 125 cm³/mol. The molecule has 11 heteroatoms. The van der Waals surface area contributed by atoms with E-state index in [9.17, 15) is 27.9 Å². The number of alkyl halides is 3. The number of fused-ring (bicyclic) bond motifs is 1. The first-order valence-electron chi connectivity index (χ1n) is 12.7. The number of carbonyl (C=O) groups is 2. The van der Waals surface area contributed by atoms with Crippen molar-refractivity contribution in [3.8, 4) is 0 Å². The minimum atomic E-state index is -4.79. The van der Waals surface area contributed by atoms with E-state index in [1.54, 1.807) is 0 Å². The van der Waals surface area contributed by atoms with Gasteiger partial charge in [0.2, 0.25) is 5.91 Å². The van der Waals surface area contributed by atoms with Gasteiger partial charge in [-0.05, 0) is 68.9 Å². The average molecular weight is 514 g/mol. The van der Waals surface area contributed by atoms with Crippen molar-refractivity contribution in [2.75, 3.05) is 31.7 Å². The normalized spacial score (nSPS) is 24.1. The van der Waals surface area contributed by atoms with Crippen LogP contribution in [0.15, 0.2) is 12.1 Å². The summed E-state index contributed by atoms with van der Waals surface area (Å²) in [6.07, 6.45) is -0.176. The lowest BCUT2D eigenvalue weighted by atomic mass is 9.78. The van der Waals surface area contributed by atoms with Crippen molar-refractivity contribution < 1.29 is 37.3 Å². The number of hydrogen-bond donors (Lipinski definition) is 3. The number of nitrogens with zero attached hydrogens (tertiary/aromatic N) is 1. The Balaban J connectivity index is 1.18. The number of carboxylic acid groups (broad SMARTS) is 1. The van der Waals surface area contributed by atoms with Gasteiger partial charge in [0.1, 0.15) is 17.3 Å². The Bertz CT molecular complexity index is 930. The summed E-state index contributed by atoms with van der Waals surface area (Å²) in [7, 11) is 0. The van der Waals surface area contributed by atoms with Gasteiger partial charge < -0.3 is 25.2 Å². The van der Waals surface area contributed by atoms with Crippen molar-refractivity contribution in [2.24, 2.45) is 11.3 Å². The molecule has 0 aromatic carbocycles.